The van der Waals surface area contributed by atoms with Gasteiger partial charge in [0, 0.05) is 37.6 Å². The first-order valence-corrected chi connectivity index (χ1v) is 9.56. The van der Waals surface area contributed by atoms with E-state index in [9.17, 15) is 19.7 Å². The maximum atomic E-state index is 12.4. The highest BCUT2D eigenvalue weighted by atomic mass is 16.6. The van der Waals surface area contributed by atoms with Gasteiger partial charge in [-0.3, -0.25) is 24.6 Å². The lowest BCUT2D eigenvalue weighted by Crippen LogP contribution is -2.42. The van der Waals surface area contributed by atoms with Crippen LogP contribution in [0, 0.1) is 17.0 Å². The number of hydrogen-bond acceptors (Lipinski definition) is 5. The number of nitro benzene ring substituents is 1. The third-order valence-electron chi connectivity index (χ3n) is 5.25. The van der Waals surface area contributed by atoms with Gasteiger partial charge in [0.25, 0.3) is 5.69 Å². The lowest BCUT2D eigenvalue weighted by atomic mass is 10.1. The second-order valence-electron chi connectivity index (χ2n) is 7.22. The highest BCUT2D eigenvalue weighted by Crippen LogP contribution is 2.25. The van der Waals surface area contributed by atoms with Crippen LogP contribution in [0.3, 0.4) is 0 Å². The first-order chi connectivity index (χ1) is 13.9. The van der Waals surface area contributed by atoms with E-state index in [0.29, 0.717) is 12.1 Å². The van der Waals surface area contributed by atoms with Gasteiger partial charge in [-0.05, 0) is 50.6 Å². The van der Waals surface area contributed by atoms with Crippen molar-refractivity contribution in [1.82, 2.24) is 14.8 Å². The molecule has 1 unspecified atom stereocenters. The van der Waals surface area contributed by atoms with Crippen LogP contribution in [0.15, 0.2) is 36.5 Å². The van der Waals surface area contributed by atoms with Gasteiger partial charge in [-0.2, -0.15) is 0 Å². The number of amides is 2. The molecule has 9 heteroatoms. The minimum atomic E-state index is -0.847. The molecule has 2 heterocycles. The fourth-order valence-electron chi connectivity index (χ4n) is 3.60. The number of carbonyl (C=O) groups excluding carboxylic acids is 2. The van der Waals surface area contributed by atoms with Gasteiger partial charge >= 0.3 is 11.8 Å². The van der Waals surface area contributed by atoms with Crippen molar-refractivity contribution in [1.29, 1.82) is 0 Å². The minimum absolute atomic E-state index is 0.0196. The van der Waals surface area contributed by atoms with E-state index < -0.39 is 16.7 Å². The number of non-ortho nitro benzene ring substituents is 1. The van der Waals surface area contributed by atoms with E-state index >= 15 is 0 Å². The Morgan fingerprint density at radius 3 is 2.55 bits per heavy atom. The summed E-state index contributed by atoms with van der Waals surface area (Å²) in [7, 11) is 1.96. The first kappa shape index (κ1) is 20.5. The van der Waals surface area contributed by atoms with Crippen molar-refractivity contribution < 1.29 is 14.5 Å². The van der Waals surface area contributed by atoms with Crippen LogP contribution in [0.1, 0.15) is 30.1 Å². The zero-order chi connectivity index (χ0) is 21.0. The molecule has 1 atom stereocenters. The largest absolute Gasteiger partial charge is 0.353 e. The van der Waals surface area contributed by atoms with E-state index in [1.807, 2.05) is 29.9 Å². The standard InChI is InChI=1S/C20H25N5O4/c1-14-7-8-15(25(28)29)12-16(14)22-20(27)19(26)21-13-18(24-10-3-4-11-24)17-6-5-9-23(17)2/h5-9,12,18H,3-4,10-11,13H2,1-2H3,(H,21,26)(H,22,27). The number of aromatic nitrogens is 1. The number of nitrogens with one attached hydrogen (secondary N) is 2. The molecular formula is C20H25N5O4. The van der Waals surface area contributed by atoms with Crippen molar-refractivity contribution in [3.63, 3.8) is 0 Å². The van der Waals surface area contributed by atoms with Gasteiger partial charge in [0.05, 0.1) is 16.7 Å². The van der Waals surface area contributed by atoms with E-state index in [1.54, 1.807) is 6.92 Å². The molecule has 9 nitrogen and oxygen atoms in total. The summed E-state index contributed by atoms with van der Waals surface area (Å²) in [5.74, 6) is -1.62. The Labute approximate surface area is 168 Å². The Bertz CT molecular complexity index is 917. The molecule has 0 saturated carbocycles. The average Bonchev–Trinajstić information content (AvgIpc) is 3.36. The molecule has 1 saturated heterocycles. The highest BCUT2D eigenvalue weighted by Gasteiger charge is 2.26. The molecule has 2 N–H and O–H groups in total. The molecule has 29 heavy (non-hydrogen) atoms. The number of nitrogens with zero attached hydrogens (tertiary/aromatic N) is 3. The molecule has 0 radical (unpaired) electrons. The summed E-state index contributed by atoms with van der Waals surface area (Å²) in [6.07, 6.45) is 4.18. The van der Waals surface area contributed by atoms with Gasteiger partial charge in [-0.15, -0.1) is 0 Å². The Morgan fingerprint density at radius 2 is 1.93 bits per heavy atom. The van der Waals surface area contributed by atoms with E-state index in [4.69, 9.17) is 0 Å². The van der Waals surface area contributed by atoms with Gasteiger partial charge in [0.1, 0.15) is 0 Å². The lowest BCUT2D eigenvalue weighted by Gasteiger charge is -2.28. The monoisotopic (exact) mass is 399 g/mol. The molecule has 0 spiro atoms. The van der Waals surface area contributed by atoms with E-state index in [1.165, 1.54) is 18.2 Å². The molecule has 1 aliphatic heterocycles. The van der Waals surface area contributed by atoms with Crippen molar-refractivity contribution in [2.24, 2.45) is 7.05 Å². The summed E-state index contributed by atoms with van der Waals surface area (Å²) in [6.45, 7) is 3.91. The van der Waals surface area contributed by atoms with Crippen LogP contribution in [0.4, 0.5) is 11.4 Å². The summed E-state index contributed by atoms with van der Waals surface area (Å²) in [4.78, 5) is 37.4. The summed E-state index contributed by atoms with van der Waals surface area (Å²) < 4.78 is 2.02. The van der Waals surface area contributed by atoms with Crippen LogP contribution in [-0.4, -0.2) is 45.8 Å². The number of nitro groups is 1. The maximum Gasteiger partial charge on any atom is 0.313 e. The molecule has 3 rings (SSSR count). The molecule has 0 bridgehead atoms. The first-order valence-electron chi connectivity index (χ1n) is 9.56. The fourth-order valence-corrected chi connectivity index (χ4v) is 3.60. The van der Waals surface area contributed by atoms with E-state index in [0.717, 1.165) is 31.6 Å². The number of rotatable bonds is 6. The molecule has 154 valence electrons. The van der Waals surface area contributed by atoms with Crippen molar-refractivity contribution in [3.8, 4) is 0 Å². The van der Waals surface area contributed by atoms with Crippen molar-refractivity contribution in [2.45, 2.75) is 25.8 Å². The average molecular weight is 399 g/mol. The number of hydrogen-bond donors (Lipinski definition) is 2. The van der Waals surface area contributed by atoms with Crippen molar-refractivity contribution >= 4 is 23.2 Å². The van der Waals surface area contributed by atoms with Gasteiger partial charge < -0.3 is 15.2 Å². The Morgan fingerprint density at radius 1 is 1.21 bits per heavy atom. The lowest BCUT2D eigenvalue weighted by molar-refractivity contribution is -0.384. The Balaban J connectivity index is 1.66. The van der Waals surface area contributed by atoms with Gasteiger partial charge in [-0.25, -0.2) is 0 Å². The van der Waals surface area contributed by atoms with Crippen LogP contribution in [0.5, 0.6) is 0 Å². The number of benzene rings is 1. The Kier molecular flexibility index (Phi) is 6.28. The topological polar surface area (TPSA) is 110 Å². The van der Waals surface area contributed by atoms with E-state index in [-0.39, 0.29) is 17.4 Å². The van der Waals surface area contributed by atoms with Crippen LogP contribution in [0.25, 0.3) is 0 Å². The maximum absolute atomic E-state index is 12.4. The van der Waals surface area contributed by atoms with Gasteiger partial charge in [0.15, 0.2) is 0 Å². The second-order valence-corrected chi connectivity index (χ2v) is 7.22. The highest BCUT2D eigenvalue weighted by molar-refractivity contribution is 6.39. The molecule has 2 amide bonds. The fraction of sp³-hybridized carbons (Fsp3) is 0.400. The molecule has 1 aliphatic rings. The quantitative estimate of drug-likeness (QED) is 0.439. The molecule has 1 aromatic carbocycles. The third kappa shape index (κ3) is 4.80. The van der Waals surface area contributed by atoms with Gasteiger partial charge in [-0.1, -0.05) is 6.07 Å². The summed E-state index contributed by atoms with van der Waals surface area (Å²) in [5, 5.41) is 16.1. The van der Waals surface area contributed by atoms with Crippen LogP contribution in [0.2, 0.25) is 0 Å². The molecular weight excluding hydrogens is 374 g/mol. The summed E-state index contributed by atoms with van der Waals surface area (Å²) >= 11 is 0. The van der Waals surface area contributed by atoms with Crippen LogP contribution in [-0.2, 0) is 16.6 Å². The normalized spacial score (nSPS) is 15.1. The zero-order valence-corrected chi connectivity index (χ0v) is 16.6. The minimum Gasteiger partial charge on any atom is -0.353 e. The SMILES string of the molecule is Cc1ccc([N+](=O)[O-])cc1NC(=O)C(=O)NCC(c1cccn1C)N1CCCC1. The summed E-state index contributed by atoms with van der Waals surface area (Å²) in [6, 6.07) is 8.08. The predicted octanol–water partition coefficient (Wildman–Crippen LogP) is 2.13. The van der Waals surface area contributed by atoms with Gasteiger partial charge in [0.2, 0.25) is 0 Å². The van der Waals surface area contributed by atoms with Crippen LogP contribution < -0.4 is 10.6 Å². The summed E-state index contributed by atoms with van der Waals surface area (Å²) in [5.41, 5.74) is 1.81. The van der Waals surface area contributed by atoms with Crippen LogP contribution >= 0.6 is 0 Å². The third-order valence-corrected chi connectivity index (χ3v) is 5.25. The number of anilines is 1. The predicted molar refractivity (Wildman–Crippen MR) is 108 cm³/mol. The second kappa shape index (κ2) is 8.87. The number of likely N-dealkylation sites (tertiary alicyclic amines) is 1. The number of carbonyl (C=O) groups is 2. The number of aryl methyl sites for hydroxylation is 2. The molecule has 1 aromatic heterocycles. The molecule has 2 aromatic rings. The Hall–Kier alpha value is -3.20. The zero-order valence-electron chi connectivity index (χ0n) is 16.6. The van der Waals surface area contributed by atoms with Crippen molar-refractivity contribution in [3.05, 3.63) is 57.9 Å². The van der Waals surface area contributed by atoms with Crippen molar-refractivity contribution in [2.75, 3.05) is 25.0 Å². The molecule has 0 aliphatic carbocycles. The van der Waals surface area contributed by atoms with E-state index in [2.05, 4.69) is 15.5 Å². The smallest absolute Gasteiger partial charge is 0.313 e. The molecule has 1 fully saturated rings.